The fourth-order valence-corrected chi connectivity index (χ4v) is 4.79. The molecular weight excluding hydrogens is 583 g/mol. The Labute approximate surface area is 244 Å². The van der Waals surface area contributed by atoms with Gasteiger partial charge in [-0.1, -0.05) is 6.07 Å². The van der Waals surface area contributed by atoms with E-state index in [1.165, 1.54) is 30.3 Å². The molecule has 2 aliphatic rings. The number of alkyl halides is 5. The molecule has 2 atom stereocenters. The Balaban J connectivity index is 1.34. The Hall–Kier alpha value is -3.85. The highest BCUT2D eigenvalue weighted by molar-refractivity contribution is 5.97. The molecule has 2 aromatic rings. The second-order valence-corrected chi connectivity index (χ2v) is 10.2. The van der Waals surface area contributed by atoms with Crippen LogP contribution in [0.4, 0.5) is 32.4 Å². The summed E-state index contributed by atoms with van der Waals surface area (Å²) in [4.78, 5) is 27.7. The fraction of sp³-hybridized carbons (Fsp3) is 0.500. The number of ether oxygens (including phenoxy) is 4. The summed E-state index contributed by atoms with van der Waals surface area (Å²) < 4.78 is 84.3. The lowest BCUT2D eigenvalue weighted by molar-refractivity contribution is -0.274. The summed E-state index contributed by atoms with van der Waals surface area (Å²) in [5, 5.41) is 8.02. The molecule has 4 rings (SSSR count). The highest BCUT2D eigenvalue weighted by Crippen LogP contribution is 2.32. The molecule has 0 bridgehead atoms. The number of nitrogens with one attached hydrogen (secondary N) is 3. The Kier molecular flexibility index (Phi) is 10.5. The van der Waals surface area contributed by atoms with Gasteiger partial charge in [0, 0.05) is 57.3 Å². The molecule has 1 aliphatic heterocycles. The van der Waals surface area contributed by atoms with Crippen LogP contribution in [0.25, 0.3) is 0 Å². The molecule has 1 heterocycles. The second-order valence-electron chi connectivity index (χ2n) is 10.2. The number of halogens is 5. The topological polar surface area (TPSA) is 110 Å². The zero-order chi connectivity index (χ0) is 31.0. The lowest BCUT2D eigenvalue weighted by Gasteiger charge is -2.26. The third-order valence-electron chi connectivity index (χ3n) is 6.65. The minimum atomic E-state index is -4.86. The Morgan fingerprint density at radius 3 is 2.47 bits per heavy atom. The molecule has 43 heavy (non-hydrogen) atoms. The summed E-state index contributed by atoms with van der Waals surface area (Å²) in [6, 6.07) is 7.80. The zero-order valence-electron chi connectivity index (χ0n) is 23.3. The molecule has 1 saturated carbocycles. The molecule has 2 fully saturated rings. The van der Waals surface area contributed by atoms with Crippen molar-refractivity contribution in [2.45, 2.75) is 50.8 Å². The van der Waals surface area contributed by atoms with Gasteiger partial charge in [-0.25, -0.2) is 4.79 Å². The number of morpholine rings is 1. The van der Waals surface area contributed by atoms with Gasteiger partial charge in [0.15, 0.2) is 0 Å². The highest BCUT2D eigenvalue weighted by atomic mass is 19.4. The van der Waals surface area contributed by atoms with Crippen molar-refractivity contribution < 1.29 is 50.5 Å². The van der Waals surface area contributed by atoms with Crippen molar-refractivity contribution in [1.29, 1.82) is 0 Å². The van der Waals surface area contributed by atoms with Crippen molar-refractivity contribution in [2.24, 2.45) is 0 Å². The minimum Gasteiger partial charge on any atom is -0.490 e. The van der Waals surface area contributed by atoms with E-state index in [1.807, 2.05) is 0 Å². The van der Waals surface area contributed by atoms with E-state index in [4.69, 9.17) is 9.47 Å². The highest BCUT2D eigenvalue weighted by Gasteiger charge is 2.32. The summed E-state index contributed by atoms with van der Waals surface area (Å²) >= 11 is 0. The van der Waals surface area contributed by atoms with Gasteiger partial charge in [0.25, 0.3) is 5.91 Å². The van der Waals surface area contributed by atoms with Gasteiger partial charge >= 0.3 is 18.5 Å². The van der Waals surface area contributed by atoms with Crippen LogP contribution in [0.3, 0.4) is 0 Å². The molecular formula is C28H33F5N4O6. The molecule has 3 amide bonds. The average Bonchev–Trinajstić information content (AvgIpc) is 3.34. The number of rotatable bonds is 11. The Bertz CT molecular complexity index is 1250. The molecule has 1 aliphatic carbocycles. The summed E-state index contributed by atoms with van der Waals surface area (Å²) in [7, 11) is 0. The monoisotopic (exact) mass is 616 g/mol. The van der Waals surface area contributed by atoms with Crippen LogP contribution >= 0.6 is 0 Å². The van der Waals surface area contributed by atoms with Crippen molar-refractivity contribution in [3.63, 3.8) is 0 Å². The Morgan fingerprint density at radius 1 is 1.00 bits per heavy atom. The molecule has 0 aromatic heterocycles. The van der Waals surface area contributed by atoms with Crippen molar-refractivity contribution in [1.82, 2.24) is 15.5 Å². The van der Waals surface area contributed by atoms with Crippen molar-refractivity contribution >= 4 is 17.6 Å². The third-order valence-corrected chi connectivity index (χ3v) is 6.65. The van der Waals surface area contributed by atoms with E-state index in [0.29, 0.717) is 52.5 Å². The number of hydrogen-bond acceptors (Lipinski definition) is 7. The number of nitrogens with zero attached hydrogens (tertiary/aromatic N) is 1. The fourth-order valence-electron chi connectivity index (χ4n) is 4.79. The lowest BCUT2D eigenvalue weighted by Crippen LogP contribution is -2.41. The molecule has 1 saturated heterocycles. The zero-order valence-corrected chi connectivity index (χ0v) is 23.3. The van der Waals surface area contributed by atoms with Crippen LogP contribution < -0.4 is 30.2 Å². The summed E-state index contributed by atoms with van der Waals surface area (Å²) in [6.07, 6.45) is -7.31. The average molecular weight is 617 g/mol. The van der Waals surface area contributed by atoms with Gasteiger partial charge in [0.1, 0.15) is 23.4 Å². The Morgan fingerprint density at radius 2 is 1.74 bits per heavy atom. The number of anilines is 1. The van der Waals surface area contributed by atoms with Gasteiger partial charge in [0.2, 0.25) is 0 Å². The van der Waals surface area contributed by atoms with Crippen LogP contribution in [-0.2, 0) is 4.74 Å². The van der Waals surface area contributed by atoms with Crippen LogP contribution in [-0.4, -0.2) is 80.8 Å². The van der Waals surface area contributed by atoms with Crippen LogP contribution in [0, 0.1) is 0 Å². The van der Waals surface area contributed by atoms with Gasteiger partial charge in [-0.2, -0.15) is 8.78 Å². The predicted octanol–water partition coefficient (Wildman–Crippen LogP) is 4.76. The van der Waals surface area contributed by atoms with E-state index in [9.17, 15) is 31.5 Å². The molecule has 0 spiro atoms. The van der Waals surface area contributed by atoms with E-state index in [2.05, 4.69) is 30.3 Å². The molecule has 15 heteroatoms. The summed E-state index contributed by atoms with van der Waals surface area (Å²) in [5.41, 5.74) is 0.133. The van der Waals surface area contributed by atoms with Crippen LogP contribution in [0.5, 0.6) is 17.2 Å². The van der Waals surface area contributed by atoms with Crippen molar-refractivity contribution in [3.8, 4) is 17.2 Å². The van der Waals surface area contributed by atoms with E-state index in [-0.39, 0.29) is 28.8 Å². The van der Waals surface area contributed by atoms with Gasteiger partial charge in [0.05, 0.1) is 18.8 Å². The molecule has 10 nitrogen and oxygen atoms in total. The molecule has 236 valence electrons. The number of carbonyl (C=O) groups excluding carboxylic acids is 2. The quantitative estimate of drug-likeness (QED) is 0.313. The van der Waals surface area contributed by atoms with E-state index in [1.54, 1.807) is 0 Å². The minimum absolute atomic E-state index is 0.0267. The molecule has 3 N–H and O–H groups in total. The SMILES string of the molecule is CC(F)(F)Oc1ccc(OC2CCC(NC(=O)Nc3cccc(OC(F)(F)F)c3)C2)c(C(=O)NCCN2CCOCC2)c1. The molecule has 2 aromatic carbocycles. The lowest BCUT2D eigenvalue weighted by atomic mass is 10.1. The first kappa shape index (κ1) is 32.1. The normalized spacial score (nSPS) is 19.4. The predicted molar refractivity (Wildman–Crippen MR) is 145 cm³/mol. The van der Waals surface area contributed by atoms with Gasteiger partial charge in [-0.15, -0.1) is 13.2 Å². The largest absolute Gasteiger partial charge is 0.573 e. The van der Waals surface area contributed by atoms with Crippen molar-refractivity contribution in [2.75, 3.05) is 44.7 Å². The van der Waals surface area contributed by atoms with Crippen LogP contribution in [0.15, 0.2) is 42.5 Å². The first-order valence-corrected chi connectivity index (χ1v) is 13.7. The van der Waals surface area contributed by atoms with E-state index < -0.39 is 36.3 Å². The van der Waals surface area contributed by atoms with E-state index >= 15 is 0 Å². The number of amides is 3. The number of hydrogen-bond donors (Lipinski definition) is 3. The van der Waals surface area contributed by atoms with Gasteiger partial charge in [-0.3, -0.25) is 9.69 Å². The third kappa shape index (κ3) is 10.7. The maximum absolute atomic E-state index is 13.5. The number of benzene rings is 2. The maximum atomic E-state index is 13.5. The number of urea groups is 1. The molecule has 2 unspecified atom stereocenters. The smallest absolute Gasteiger partial charge is 0.490 e. The van der Waals surface area contributed by atoms with Crippen LogP contribution in [0.2, 0.25) is 0 Å². The maximum Gasteiger partial charge on any atom is 0.573 e. The standard InChI is InChI=1S/C28H33F5N4O6/c1-27(29,30)42-22-7-8-24(23(17-22)25(38)34-9-10-37-11-13-40-14-12-37)41-20-6-5-19(15-20)36-26(39)35-18-3-2-4-21(16-18)43-28(31,32)33/h2-4,7-8,16-17,19-20H,5-6,9-15H2,1H3,(H,34,38)(H2,35,36,39). The number of carbonyl (C=O) groups is 2. The first-order chi connectivity index (χ1) is 20.3. The second kappa shape index (κ2) is 14.1. The summed E-state index contributed by atoms with van der Waals surface area (Å²) in [6.45, 7) is 4.21. The van der Waals surface area contributed by atoms with Gasteiger partial charge in [-0.05, 0) is 43.2 Å². The summed E-state index contributed by atoms with van der Waals surface area (Å²) in [5.74, 6) is -1.02. The van der Waals surface area contributed by atoms with Crippen LogP contribution in [0.1, 0.15) is 36.5 Å². The van der Waals surface area contributed by atoms with Gasteiger partial charge < -0.3 is 34.9 Å². The first-order valence-electron chi connectivity index (χ1n) is 13.7. The van der Waals surface area contributed by atoms with E-state index in [0.717, 1.165) is 25.2 Å². The van der Waals surface area contributed by atoms with Crippen molar-refractivity contribution in [3.05, 3.63) is 48.0 Å². The molecule has 0 radical (unpaired) electrons.